The van der Waals surface area contributed by atoms with Crippen molar-refractivity contribution in [2.75, 3.05) is 0 Å². The molecule has 1 aliphatic rings. The topological polar surface area (TPSA) is 107 Å². The molecule has 2 rings (SSSR count). The van der Waals surface area contributed by atoms with E-state index in [2.05, 4.69) is 0 Å². The quantitative estimate of drug-likeness (QED) is 0.594. The van der Waals surface area contributed by atoms with Gasteiger partial charge in [0.05, 0.1) is 4.90 Å². The van der Waals surface area contributed by atoms with Gasteiger partial charge in [0.2, 0.25) is 0 Å². The summed E-state index contributed by atoms with van der Waals surface area (Å²) in [7, 11) is -4.02. The van der Waals surface area contributed by atoms with Gasteiger partial charge in [-0.2, -0.15) is 8.42 Å². The molecular weight excluding hydrogens is 354 g/mol. The molecule has 1 aromatic carbocycles. The molecule has 1 aromatic rings. The normalized spacial score (nSPS) is 17.6. The van der Waals surface area contributed by atoms with Crippen LogP contribution in [0.1, 0.15) is 57.9 Å². The molecule has 2 atom stereocenters. The van der Waals surface area contributed by atoms with E-state index < -0.39 is 16.2 Å². The molecule has 3 N–H and O–H groups in total. The van der Waals surface area contributed by atoms with E-state index in [1.54, 1.807) is 12.1 Å². The summed E-state index contributed by atoms with van der Waals surface area (Å²) in [6, 6.07) is 5.54. The number of hydrogen-bond donors (Lipinski definition) is 2. The van der Waals surface area contributed by atoms with Gasteiger partial charge >= 0.3 is 5.97 Å². The van der Waals surface area contributed by atoms with Crippen LogP contribution in [-0.4, -0.2) is 31.1 Å². The molecule has 1 fully saturated rings. The van der Waals surface area contributed by atoms with E-state index in [1.165, 1.54) is 31.4 Å². The third-order valence-corrected chi connectivity index (χ3v) is 5.55. The second kappa shape index (κ2) is 10.6. The van der Waals surface area contributed by atoms with E-state index in [4.69, 9.17) is 15.0 Å². The lowest BCUT2D eigenvalue weighted by atomic mass is 9.97. The second-order valence-corrected chi connectivity index (χ2v) is 8.32. The number of carbonyl (C=O) groups excluding carboxylic acids is 1. The van der Waals surface area contributed by atoms with Crippen LogP contribution in [0.4, 0.5) is 0 Å². The summed E-state index contributed by atoms with van der Waals surface area (Å²) in [6.45, 7) is 5.87. The highest BCUT2D eigenvalue weighted by atomic mass is 32.2. The maximum atomic E-state index is 11.7. The van der Waals surface area contributed by atoms with Crippen LogP contribution >= 0.6 is 0 Å². The molecule has 148 valence electrons. The summed E-state index contributed by atoms with van der Waals surface area (Å²) in [6.07, 6.45) is 6.69. The average molecular weight is 386 g/mol. The van der Waals surface area contributed by atoms with Crippen molar-refractivity contribution < 1.29 is 22.5 Å². The van der Waals surface area contributed by atoms with Crippen LogP contribution in [0.2, 0.25) is 0 Å². The molecule has 0 unspecified atom stereocenters. The SMILES string of the molecule is CC[C@H](C)[C@H](N)C(=O)OC1CCCCC1.Cc1ccc(S(=O)(=O)O)cc1. The van der Waals surface area contributed by atoms with E-state index >= 15 is 0 Å². The first kappa shape index (κ1) is 22.6. The largest absolute Gasteiger partial charge is 0.461 e. The van der Waals surface area contributed by atoms with Crippen LogP contribution in [0.15, 0.2) is 29.2 Å². The zero-order chi connectivity index (χ0) is 19.7. The van der Waals surface area contributed by atoms with Gasteiger partial charge in [-0.25, -0.2) is 0 Å². The highest BCUT2D eigenvalue weighted by Crippen LogP contribution is 2.21. The van der Waals surface area contributed by atoms with Gasteiger partial charge in [-0.1, -0.05) is 44.4 Å². The van der Waals surface area contributed by atoms with Gasteiger partial charge in [-0.15, -0.1) is 0 Å². The van der Waals surface area contributed by atoms with Crippen LogP contribution in [-0.2, 0) is 19.6 Å². The Balaban J connectivity index is 0.000000273. The number of esters is 1. The smallest absolute Gasteiger partial charge is 0.323 e. The minimum atomic E-state index is -4.02. The first-order chi connectivity index (χ1) is 12.1. The third-order valence-electron chi connectivity index (χ3n) is 4.68. The minimum absolute atomic E-state index is 0.0666. The third kappa shape index (κ3) is 7.85. The zero-order valence-electron chi connectivity index (χ0n) is 15.8. The molecule has 26 heavy (non-hydrogen) atoms. The van der Waals surface area contributed by atoms with E-state index in [1.807, 2.05) is 20.8 Å². The molecule has 0 spiro atoms. The summed E-state index contributed by atoms with van der Waals surface area (Å²) < 4.78 is 35.0. The van der Waals surface area contributed by atoms with Gasteiger partial charge in [0.1, 0.15) is 12.1 Å². The van der Waals surface area contributed by atoms with Crippen molar-refractivity contribution >= 4 is 16.1 Å². The maximum Gasteiger partial charge on any atom is 0.323 e. The van der Waals surface area contributed by atoms with Gasteiger partial charge in [0, 0.05) is 0 Å². The molecular formula is C19H31NO5S. The highest BCUT2D eigenvalue weighted by molar-refractivity contribution is 7.85. The van der Waals surface area contributed by atoms with Crippen LogP contribution in [0, 0.1) is 12.8 Å². The van der Waals surface area contributed by atoms with Gasteiger partial charge in [0.15, 0.2) is 0 Å². The molecule has 1 aliphatic carbocycles. The standard InChI is InChI=1S/C12H23NO2.C7H8O3S/c1-3-9(2)11(13)12(14)15-10-7-5-4-6-8-10;1-6-2-4-7(5-3-6)11(8,9)10/h9-11H,3-8,13H2,1-2H3;2-5H,1H3,(H,8,9,10)/t9-,11-;/m0./s1. The highest BCUT2D eigenvalue weighted by Gasteiger charge is 2.25. The number of benzene rings is 1. The van der Waals surface area contributed by atoms with Crippen LogP contribution in [0.25, 0.3) is 0 Å². The molecule has 0 aromatic heterocycles. The predicted octanol–water partition coefficient (Wildman–Crippen LogP) is 3.48. The van der Waals surface area contributed by atoms with Crippen LogP contribution in [0.3, 0.4) is 0 Å². The lowest BCUT2D eigenvalue weighted by Gasteiger charge is -2.25. The number of ether oxygens (including phenoxy) is 1. The van der Waals surface area contributed by atoms with E-state index in [9.17, 15) is 13.2 Å². The van der Waals surface area contributed by atoms with Crippen molar-refractivity contribution in [3.63, 3.8) is 0 Å². The Kier molecular flexibility index (Phi) is 9.25. The molecule has 7 heteroatoms. The molecule has 0 amide bonds. The molecule has 1 saturated carbocycles. The van der Waals surface area contributed by atoms with Crippen LogP contribution in [0.5, 0.6) is 0 Å². The summed E-state index contributed by atoms with van der Waals surface area (Å²) in [5.41, 5.74) is 6.77. The van der Waals surface area contributed by atoms with E-state index in [-0.39, 0.29) is 22.9 Å². The van der Waals surface area contributed by atoms with Gasteiger partial charge in [-0.3, -0.25) is 9.35 Å². The van der Waals surface area contributed by atoms with E-state index in [0.29, 0.717) is 0 Å². The Labute approximate surface area is 156 Å². The molecule has 6 nitrogen and oxygen atoms in total. The first-order valence-electron chi connectivity index (χ1n) is 9.15. The summed E-state index contributed by atoms with van der Waals surface area (Å²) in [4.78, 5) is 11.6. The Bertz CT molecular complexity index is 651. The molecule has 0 heterocycles. The number of hydrogen-bond acceptors (Lipinski definition) is 5. The fourth-order valence-corrected chi connectivity index (χ4v) is 3.10. The van der Waals surface area contributed by atoms with Crippen LogP contribution < -0.4 is 5.73 Å². The molecule has 0 aliphatic heterocycles. The molecule has 0 radical (unpaired) electrons. The van der Waals surface area contributed by atoms with Crippen molar-refractivity contribution in [3.8, 4) is 0 Å². The monoisotopic (exact) mass is 385 g/mol. The summed E-state index contributed by atoms with van der Waals surface area (Å²) in [5, 5.41) is 0. The number of rotatable bonds is 5. The number of aryl methyl sites for hydroxylation is 1. The Morgan fingerprint density at radius 2 is 1.77 bits per heavy atom. The lowest BCUT2D eigenvalue weighted by Crippen LogP contribution is -2.40. The second-order valence-electron chi connectivity index (χ2n) is 6.90. The average Bonchev–Trinajstić information content (AvgIpc) is 2.61. The fraction of sp³-hybridized carbons (Fsp3) is 0.632. The van der Waals surface area contributed by atoms with Crippen molar-refractivity contribution in [1.29, 1.82) is 0 Å². The zero-order valence-corrected chi connectivity index (χ0v) is 16.7. The Morgan fingerprint density at radius 1 is 1.23 bits per heavy atom. The van der Waals surface area contributed by atoms with Gasteiger partial charge < -0.3 is 10.5 Å². The Hall–Kier alpha value is -1.44. The van der Waals surface area contributed by atoms with Crippen molar-refractivity contribution in [2.24, 2.45) is 11.7 Å². The van der Waals surface area contributed by atoms with Gasteiger partial charge in [0.25, 0.3) is 10.1 Å². The van der Waals surface area contributed by atoms with Crippen molar-refractivity contribution in [3.05, 3.63) is 29.8 Å². The maximum absolute atomic E-state index is 11.7. The minimum Gasteiger partial charge on any atom is -0.461 e. The lowest BCUT2D eigenvalue weighted by molar-refractivity contribution is -0.153. The summed E-state index contributed by atoms with van der Waals surface area (Å²) in [5.74, 6) is -0.00246. The first-order valence-corrected chi connectivity index (χ1v) is 10.6. The van der Waals surface area contributed by atoms with Gasteiger partial charge in [-0.05, 0) is 50.7 Å². The van der Waals surface area contributed by atoms with E-state index in [0.717, 1.165) is 24.8 Å². The fourth-order valence-electron chi connectivity index (χ4n) is 2.62. The van der Waals surface area contributed by atoms with Crippen molar-refractivity contribution in [2.45, 2.75) is 76.3 Å². The number of carbonyl (C=O) groups is 1. The molecule has 0 saturated heterocycles. The van der Waals surface area contributed by atoms with Crippen molar-refractivity contribution in [1.82, 2.24) is 0 Å². The molecule has 0 bridgehead atoms. The predicted molar refractivity (Wildman–Crippen MR) is 101 cm³/mol. The number of nitrogens with two attached hydrogens (primary N) is 1. The Morgan fingerprint density at radius 3 is 2.23 bits per heavy atom. The summed E-state index contributed by atoms with van der Waals surface area (Å²) >= 11 is 0.